The standard InChI is InChI=1S/C21H26ClN5O/c1-2-16-4-3-5-18(14-16)25-21(23)24-15-20(28)27-12-10-26(11-13-27)19-8-6-17(22)7-9-19/h3-9,14H,2,10-13,15H2,1H3,(H3,23,24,25). The minimum atomic E-state index is -0.0113. The number of halogens is 1. The first-order valence-electron chi connectivity index (χ1n) is 9.49. The molecule has 6 nitrogen and oxygen atoms in total. The number of nitrogens with one attached hydrogen (secondary N) is 1. The molecule has 0 spiro atoms. The van der Waals surface area contributed by atoms with Gasteiger partial charge in [-0.15, -0.1) is 0 Å². The second kappa shape index (κ2) is 9.46. The molecule has 1 aliphatic heterocycles. The summed E-state index contributed by atoms with van der Waals surface area (Å²) in [5, 5.41) is 3.77. The molecule has 0 bridgehead atoms. The largest absolute Gasteiger partial charge is 0.370 e. The van der Waals surface area contributed by atoms with E-state index < -0.39 is 0 Å². The minimum absolute atomic E-state index is 0.0113. The number of hydrogen-bond donors (Lipinski definition) is 2. The van der Waals surface area contributed by atoms with Crippen molar-refractivity contribution in [3.63, 3.8) is 0 Å². The van der Waals surface area contributed by atoms with Crippen molar-refractivity contribution in [1.82, 2.24) is 4.90 Å². The van der Waals surface area contributed by atoms with Gasteiger partial charge in [0.15, 0.2) is 5.96 Å². The zero-order chi connectivity index (χ0) is 19.9. The Bertz CT molecular complexity index is 829. The van der Waals surface area contributed by atoms with Gasteiger partial charge >= 0.3 is 0 Å². The Labute approximate surface area is 171 Å². The van der Waals surface area contributed by atoms with Gasteiger partial charge in [-0.05, 0) is 48.4 Å². The first-order chi connectivity index (χ1) is 13.5. The van der Waals surface area contributed by atoms with E-state index in [0.29, 0.717) is 13.1 Å². The van der Waals surface area contributed by atoms with E-state index in [2.05, 4.69) is 28.2 Å². The van der Waals surface area contributed by atoms with Crippen LogP contribution in [0, 0.1) is 0 Å². The van der Waals surface area contributed by atoms with Crippen molar-refractivity contribution in [3.8, 4) is 0 Å². The van der Waals surface area contributed by atoms with E-state index in [-0.39, 0.29) is 18.4 Å². The quantitative estimate of drug-likeness (QED) is 0.598. The lowest BCUT2D eigenvalue weighted by Gasteiger charge is -2.36. The topological polar surface area (TPSA) is 74.0 Å². The van der Waals surface area contributed by atoms with Crippen molar-refractivity contribution < 1.29 is 4.79 Å². The number of anilines is 2. The molecular formula is C21H26ClN5O. The summed E-state index contributed by atoms with van der Waals surface area (Å²) in [6.45, 7) is 5.06. The van der Waals surface area contributed by atoms with Crippen LogP contribution in [-0.2, 0) is 11.2 Å². The third kappa shape index (κ3) is 5.39. The second-order valence-corrected chi connectivity index (χ2v) is 7.16. The Morgan fingerprint density at radius 3 is 2.54 bits per heavy atom. The fourth-order valence-electron chi connectivity index (χ4n) is 3.18. The molecule has 2 aromatic rings. The number of piperazine rings is 1. The molecule has 1 heterocycles. The lowest BCUT2D eigenvalue weighted by atomic mass is 10.1. The van der Waals surface area contributed by atoms with Gasteiger partial charge in [0.05, 0.1) is 0 Å². The molecule has 148 valence electrons. The van der Waals surface area contributed by atoms with Gasteiger partial charge in [0.25, 0.3) is 0 Å². The van der Waals surface area contributed by atoms with Crippen molar-refractivity contribution in [2.24, 2.45) is 10.7 Å². The summed E-state index contributed by atoms with van der Waals surface area (Å²) in [7, 11) is 0. The zero-order valence-electron chi connectivity index (χ0n) is 16.1. The number of nitrogens with zero attached hydrogens (tertiary/aromatic N) is 3. The molecule has 0 aromatic heterocycles. The van der Waals surface area contributed by atoms with Crippen LogP contribution >= 0.6 is 11.6 Å². The van der Waals surface area contributed by atoms with Gasteiger partial charge in [0.1, 0.15) is 6.54 Å². The highest BCUT2D eigenvalue weighted by Crippen LogP contribution is 2.19. The van der Waals surface area contributed by atoms with Crippen LogP contribution < -0.4 is 16.0 Å². The van der Waals surface area contributed by atoms with Crippen LogP contribution in [0.2, 0.25) is 5.02 Å². The van der Waals surface area contributed by atoms with E-state index >= 15 is 0 Å². The van der Waals surface area contributed by atoms with Crippen LogP contribution in [0.5, 0.6) is 0 Å². The fourth-order valence-corrected chi connectivity index (χ4v) is 3.30. The summed E-state index contributed by atoms with van der Waals surface area (Å²) in [5.74, 6) is 0.240. The highest BCUT2D eigenvalue weighted by atomic mass is 35.5. The SMILES string of the molecule is CCc1cccc(NC(N)=NCC(=O)N2CCN(c3ccc(Cl)cc3)CC2)c1. The lowest BCUT2D eigenvalue weighted by molar-refractivity contribution is -0.129. The van der Waals surface area contributed by atoms with Crippen molar-refractivity contribution >= 4 is 34.8 Å². The monoisotopic (exact) mass is 399 g/mol. The Morgan fingerprint density at radius 1 is 1.14 bits per heavy atom. The highest BCUT2D eigenvalue weighted by Gasteiger charge is 2.21. The molecular weight excluding hydrogens is 374 g/mol. The maximum absolute atomic E-state index is 12.4. The Hall–Kier alpha value is -2.73. The van der Waals surface area contributed by atoms with E-state index in [1.165, 1.54) is 5.56 Å². The summed E-state index contributed by atoms with van der Waals surface area (Å²) in [6.07, 6.45) is 0.951. The number of rotatable bonds is 5. The average molecular weight is 400 g/mol. The van der Waals surface area contributed by atoms with Gasteiger partial charge in [-0.2, -0.15) is 0 Å². The summed E-state index contributed by atoms with van der Waals surface area (Å²) >= 11 is 5.94. The summed E-state index contributed by atoms with van der Waals surface area (Å²) in [6, 6.07) is 15.8. The van der Waals surface area contributed by atoms with Gasteiger partial charge in [0, 0.05) is 42.6 Å². The molecule has 0 aliphatic carbocycles. The van der Waals surface area contributed by atoms with Crippen molar-refractivity contribution in [2.75, 3.05) is 42.9 Å². The van der Waals surface area contributed by atoms with Gasteiger partial charge in [0.2, 0.25) is 5.91 Å². The lowest BCUT2D eigenvalue weighted by Crippen LogP contribution is -2.49. The molecule has 7 heteroatoms. The predicted octanol–water partition coefficient (Wildman–Crippen LogP) is 2.98. The number of benzene rings is 2. The zero-order valence-corrected chi connectivity index (χ0v) is 16.8. The van der Waals surface area contributed by atoms with E-state index in [1.54, 1.807) is 0 Å². The predicted molar refractivity (Wildman–Crippen MR) is 116 cm³/mol. The minimum Gasteiger partial charge on any atom is -0.370 e. The average Bonchev–Trinajstić information content (AvgIpc) is 2.73. The highest BCUT2D eigenvalue weighted by molar-refractivity contribution is 6.30. The van der Waals surface area contributed by atoms with E-state index in [9.17, 15) is 4.79 Å². The number of aliphatic imine (C=N–C) groups is 1. The summed E-state index contributed by atoms with van der Waals surface area (Å²) < 4.78 is 0. The van der Waals surface area contributed by atoms with Gasteiger partial charge < -0.3 is 20.9 Å². The number of hydrogen-bond acceptors (Lipinski definition) is 3. The van der Waals surface area contributed by atoms with Gasteiger partial charge in [-0.25, -0.2) is 4.99 Å². The maximum Gasteiger partial charge on any atom is 0.244 e. The summed E-state index contributed by atoms with van der Waals surface area (Å²) in [4.78, 5) is 20.7. The molecule has 28 heavy (non-hydrogen) atoms. The van der Waals surface area contributed by atoms with Crippen LogP contribution in [-0.4, -0.2) is 49.5 Å². The van der Waals surface area contributed by atoms with Crippen LogP contribution in [0.15, 0.2) is 53.5 Å². The molecule has 0 unspecified atom stereocenters. The third-order valence-corrected chi connectivity index (χ3v) is 5.07. The van der Waals surface area contributed by atoms with Crippen LogP contribution in [0.25, 0.3) is 0 Å². The molecule has 3 N–H and O–H groups in total. The number of carbonyl (C=O) groups is 1. The Balaban J connectivity index is 1.48. The molecule has 1 amide bonds. The Morgan fingerprint density at radius 2 is 1.86 bits per heavy atom. The van der Waals surface area contributed by atoms with E-state index in [0.717, 1.165) is 35.9 Å². The van der Waals surface area contributed by atoms with E-state index in [1.807, 2.05) is 47.4 Å². The fraction of sp³-hybridized carbons (Fsp3) is 0.333. The van der Waals surface area contributed by atoms with Crippen molar-refractivity contribution in [2.45, 2.75) is 13.3 Å². The molecule has 0 atom stereocenters. The first-order valence-corrected chi connectivity index (χ1v) is 9.87. The Kier molecular flexibility index (Phi) is 6.76. The van der Waals surface area contributed by atoms with E-state index in [4.69, 9.17) is 17.3 Å². The number of guanidine groups is 1. The smallest absolute Gasteiger partial charge is 0.244 e. The maximum atomic E-state index is 12.4. The number of amides is 1. The molecule has 1 fully saturated rings. The van der Waals surface area contributed by atoms with Crippen LogP contribution in [0.4, 0.5) is 11.4 Å². The number of nitrogens with two attached hydrogens (primary N) is 1. The molecule has 1 saturated heterocycles. The van der Waals surface area contributed by atoms with Crippen LogP contribution in [0.1, 0.15) is 12.5 Å². The first kappa shape index (κ1) is 20.0. The molecule has 3 rings (SSSR count). The van der Waals surface area contributed by atoms with Gasteiger partial charge in [-0.3, -0.25) is 4.79 Å². The van der Waals surface area contributed by atoms with Crippen molar-refractivity contribution in [3.05, 3.63) is 59.1 Å². The molecule has 2 aromatic carbocycles. The van der Waals surface area contributed by atoms with Crippen LogP contribution in [0.3, 0.4) is 0 Å². The second-order valence-electron chi connectivity index (χ2n) is 6.72. The molecule has 0 saturated carbocycles. The van der Waals surface area contributed by atoms with Crippen molar-refractivity contribution in [1.29, 1.82) is 0 Å². The van der Waals surface area contributed by atoms with Gasteiger partial charge in [-0.1, -0.05) is 30.7 Å². The third-order valence-electron chi connectivity index (χ3n) is 4.82. The summed E-state index contributed by atoms with van der Waals surface area (Å²) in [5.41, 5.74) is 9.15. The number of carbonyl (C=O) groups excluding carboxylic acids is 1. The normalized spacial score (nSPS) is 14.9. The number of aryl methyl sites for hydroxylation is 1. The molecule has 0 radical (unpaired) electrons. The molecule has 1 aliphatic rings.